The van der Waals surface area contributed by atoms with Gasteiger partial charge in [0.25, 0.3) is 0 Å². The van der Waals surface area contributed by atoms with Crippen molar-refractivity contribution in [3.05, 3.63) is 23.8 Å². The Morgan fingerprint density at radius 3 is 2.57 bits per heavy atom. The van der Waals surface area contributed by atoms with Crippen LogP contribution in [0.25, 0.3) is 11.0 Å². The molecular weight excluding hydrogens is 174 g/mol. The molecule has 0 spiro atoms. The lowest BCUT2D eigenvalue weighted by Gasteiger charge is -2.18. The molecule has 0 atom stereocenters. The number of hydrogen-bond acceptors (Lipinski definition) is 2. The third-order valence-corrected chi connectivity index (χ3v) is 2.32. The van der Waals surface area contributed by atoms with Crippen molar-refractivity contribution in [3.63, 3.8) is 0 Å². The molecule has 2 aromatic heterocycles. The van der Waals surface area contributed by atoms with Gasteiger partial charge in [-0.25, -0.2) is 4.98 Å². The van der Waals surface area contributed by atoms with E-state index < -0.39 is 0 Å². The fourth-order valence-electron chi connectivity index (χ4n) is 1.61. The average Bonchev–Trinajstić information content (AvgIpc) is 2.41. The Bertz CT molecular complexity index is 463. The molecule has 0 amide bonds. The summed E-state index contributed by atoms with van der Waals surface area (Å²) < 4.78 is 0. The van der Waals surface area contributed by atoms with Crippen LogP contribution in [-0.4, -0.2) is 15.0 Å². The molecule has 0 aromatic carbocycles. The number of nitrogens with zero attached hydrogens (tertiary/aromatic N) is 2. The van der Waals surface area contributed by atoms with E-state index >= 15 is 0 Å². The van der Waals surface area contributed by atoms with E-state index in [0.717, 1.165) is 16.9 Å². The van der Waals surface area contributed by atoms with Crippen LogP contribution in [0.2, 0.25) is 0 Å². The zero-order valence-corrected chi connectivity index (χ0v) is 9.05. The Kier molecular flexibility index (Phi) is 1.84. The van der Waals surface area contributed by atoms with Crippen LogP contribution in [0.3, 0.4) is 0 Å². The largest absolute Gasteiger partial charge is 0.341 e. The minimum atomic E-state index is 0.0914. The van der Waals surface area contributed by atoms with Crippen molar-refractivity contribution in [2.75, 3.05) is 0 Å². The molecule has 14 heavy (non-hydrogen) atoms. The van der Waals surface area contributed by atoms with Crippen molar-refractivity contribution in [1.82, 2.24) is 15.0 Å². The second-order valence-electron chi connectivity index (χ2n) is 4.66. The molecule has 0 unspecified atom stereocenters. The van der Waals surface area contributed by atoms with Gasteiger partial charge in [-0.3, -0.25) is 4.98 Å². The Morgan fingerprint density at radius 1 is 1.21 bits per heavy atom. The normalized spacial score (nSPS) is 12.3. The first-order valence-corrected chi connectivity index (χ1v) is 4.79. The van der Waals surface area contributed by atoms with Crippen molar-refractivity contribution in [3.8, 4) is 0 Å². The predicted molar refractivity (Wildman–Crippen MR) is 57.3 cm³/mol. The van der Waals surface area contributed by atoms with Gasteiger partial charge in [0.1, 0.15) is 5.82 Å². The second kappa shape index (κ2) is 2.80. The summed E-state index contributed by atoms with van der Waals surface area (Å²) in [5.74, 6) is 0.943. The van der Waals surface area contributed by atoms with Crippen molar-refractivity contribution in [1.29, 1.82) is 0 Å². The van der Waals surface area contributed by atoms with Crippen LogP contribution >= 0.6 is 0 Å². The van der Waals surface area contributed by atoms with Gasteiger partial charge in [-0.05, 0) is 12.3 Å². The van der Waals surface area contributed by atoms with E-state index in [2.05, 4.69) is 35.7 Å². The summed E-state index contributed by atoms with van der Waals surface area (Å²) in [4.78, 5) is 11.9. The van der Waals surface area contributed by atoms with Gasteiger partial charge in [-0.15, -0.1) is 0 Å². The molecule has 74 valence electrons. The first-order valence-electron chi connectivity index (χ1n) is 4.79. The summed E-state index contributed by atoms with van der Waals surface area (Å²) in [6.07, 6.45) is 3.73. The number of hydrogen-bond donors (Lipinski definition) is 1. The van der Waals surface area contributed by atoms with E-state index in [1.54, 1.807) is 0 Å². The van der Waals surface area contributed by atoms with E-state index in [1.165, 1.54) is 5.56 Å². The lowest BCUT2D eigenvalue weighted by Crippen LogP contribution is -2.12. The Balaban J connectivity index is 2.77. The summed E-state index contributed by atoms with van der Waals surface area (Å²) in [5.41, 5.74) is 3.35. The molecule has 0 saturated carbocycles. The second-order valence-corrected chi connectivity index (χ2v) is 4.66. The maximum atomic E-state index is 4.48. The van der Waals surface area contributed by atoms with Crippen molar-refractivity contribution in [2.45, 2.75) is 33.1 Å². The predicted octanol–water partition coefficient (Wildman–Crippen LogP) is 2.56. The number of aryl methyl sites for hydroxylation is 1. The van der Waals surface area contributed by atoms with Gasteiger partial charge in [0.05, 0.1) is 17.2 Å². The molecule has 2 heterocycles. The number of rotatable bonds is 0. The summed E-state index contributed by atoms with van der Waals surface area (Å²) in [5, 5.41) is 0. The van der Waals surface area contributed by atoms with Crippen molar-refractivity contribution < 1.29 is 0 Å². The van der Waals surface area contributed by atoms with E-state index in [0.29, 0.717) is 0 Å². The van der Waals surface area contributed by atoms with Crippen LogP contribution in [0.4, 0.5) is 0 Å². The first-order chi connectivity index (χ1) is 6.48. The highest BCUT2D eigenvalue weighted by Crippen LogP contribution is 2.27. The van der Waals surface area contributed by atoms with Crippen molar-refractivity contribution >= 4 is 11.0 Å². The van der Waals surface area contributed by atoms with Crippen LogP contribution in [0, 0.1) is 6.92 Å². The minimum Gasteiger partial charge on any atom is -0.341 e. The molecule has 0 bridgehead atoms. The topological polar surface area (TPSA) is 41.6 Å². The van der Waals surface area contributed by atoms with Crippen molar-refractivity contribution in [2.24, 2.45) is 0 Å². The van der Waals surface area contributed by atoms with Gasteiger partial charge >= 0.3 is 0 Å². The lowest BCUT2D eigenvalue weighted by atomic mass is 9.87. The maximum absolute atomic E-state index is 4.48. The molecule has 0 aliphatic heterocycles. The molecule has 3 nitrogen and oxygen atoms in total. The van der Waals surface area contributed by atoms with Crippen LogP contribution < -0.4 is 0 Å². The average molecular weight is 189 g/mol. The smallest absolute Gasteiger partial charge is 0.104 e. The van der Waals surface area contributed by atoms with Crippen LogP contribution in [-0.2, 0) is 5.41 Å². The Labute approximate surface area is 83.6 Å². The van der Waals surface area contributed by atoms with Gasteiger partial charge in [0, 0.05) is 11.8 Å². The molecule has 0 aliphatic carbocycles. The third-order valence-electron chi connectivity index (χ3n) is 2.32. The quantitative estimate of drug-likeness (QED) is 0.692. The van der Waals surface area contributed by atoms with Crippen LogP contribution in [0.1, 0.15) is 32.2 Å². The maximum Gasteiger partial charge on any atom is 0.104 e. The molecule has 1 N–H and O–H groups in total. The highest BCUT2D eigenvalue weighted by molar-refractivity contribution is 5.78. The molecule has 2 aromatic rings. The number of nitrogens with one attached hydrogen (secondary N) is 1. The standard InChI is InChI=1S/C11H15N3/c1-7-13-9-6-12-5-8(10(9)14-7)11(2,3)4/h5-6H,1-4H3,(H,13,14). The number of pyridine rings is 1. The van der Waals surface area contributed by atoms with Gasteiger partial charge in [0.2, 0.25) is 0 Å². The summed E-state index contributed by atoms with van der Waals surface area (Å²) in [6, 6.07) is 0. The molecule has 0 aliphatic rings. The third kappa shape index (κ3) is 1.39. The van der Waals surface area contributed by atoms with Crippen LogP contribution in [0.15, 0.2) is 12.4 Å². The lowest BCUT2D eigenvalue weighted by molar-refractivity contribution is 0.592. The highest BCUT2D eigenvalue weighted by atomic mass is 14.9. The first kappa shape index (κ1) is 9.19. The van der Waals surface area contributed by atoms with E-state index in [-0.39, 0.29) is 5.41 Å². The van der Waals surface area contributed by atoms with E-state index in [1.807, 2.05) is 19.3 Å². The molecule has 2 rings (SSSR count). The number of H-pyrrole nitrogens is 1. The molecule has 0 saturated heterocycles. The van der Waals surface area contributed by atoms with Gasteiger partial charge in [0.15, 0.2) is 0 Å². The Hall–Kier alpha value is -1.38. The minimum absolute atomic E-state index is 0.0914. The van der Waals surface area contributed by atoms with E-state index in [4.69, 9.17) is 0 Å². The summed E-state index contributed by atoms with van der Waals surface area (Å²) in [7, 11) is 0. The monoisotopic (exact) mass is 189 g/mol. The zero-order chi connectivity index (χ0) is 10.3. The molecular formula is C11H15N3. The molecule has 0 radical (unpaired) electrons. The fourth-order valence-corrected chi connectivity index (χ4v) is 1.61. The van der Waals surface area contributed by atoms with Crippen LogP contribution in [0.5, 0.6) is 0 Å². The highest BCUT2D eigenvalue weighted by Gasteiger charge is 2.18. The molecule has 3 heteroatoms. The number of aromatic nitrogens is 3. The Morgan fingerprint density at radius 2 is 1.93 bits per heavy atom. The van der Waals surface area contributed by atoms with E-state index in [9.17, 15) is 0 Å². The number of fused-ring (bicyclic) bond motifs is 1. The van der Waals surface area contributed by atoms with Gasteiger partial charge in [-0.1, -0.05) is 20.8 Å². The fraction of sp³-hybridized carbons (Fsp3) is 0.455. The number of imidazole rings is 1. The molecule has 0 fully saturated rings. The van der Waals surface area contributed by atoms with Gasteiger partial charge in [-0.2, -0.15) is 0 Å². The SMILES string of the molecule is Cc1nc2c(C(C)(C)C)cncc2[nH]1. The summed E-state index contributed by atoms with van der Waals surface area (Å²) in [6.45, 7) is 8.49. The summed E-state index contributed by atoms with van der Waals surface area (Å²) >= 11 is 0. The number of aromatic amines is 1. The van der Waals surface area contributed by atoms with Gasteiger partial charge < -0.3 is 4.98 Å². The zero-order valence-electron chi connectivity index (χ0n) is 9.05.